The number of nitrogens with zero attached hydrogens (tertiary/aromatic N) is 2. The smallest absolute Gasteiger partial charge is 0.353 e. The lowest BCUT2D eigenvalue weighted by molar-refractivity contribution is -0.132. The molecular weight excluding hydrogens is 250 g/mol. The number of amides is 1. The lowest BCUT2D eigenvalue weighted by atomic mass is 10.0. The van der Waals surface area contributed by atoms with E-state index in [1.165, 1.54) is 0 Å². The van der Waals surface area contributed by atoms with Crippen molar-refractivity contribution in [2.24, 2.45) is 11.1 Å². The third-order valence-electron chi connectivity index (χ3n) is 2.90. The maximum atomic E-state index is 12.0. The molecule has 1 aliphatic rings. The first-order valence-corrected chi connectivity index (χ1v) is 6.22. The molecule has 1 amide bonds. The van der Waals surface area contributed by atoms with Crippen LogP contribution >= 0.6 is 0 Å². The van der Waals surface area contributed by atoms with Crippen LogP contribution in [0.15, 0.2) is 5.16 Å². The highest BCUT2D eigenvalue weighted by Crippen LogP contribution is 2.12. The first kappa shape index (κ1) is 15.4. The molecule has 1 aliphatic heterocycles. The zero-order valence-corrected chi connectivity index (χ0v) is 11.7. The van der Waals surface area contributed by atoms with Gasteiger partial charge in [0, 0.05) is 19.0 Å². The first-order valence-electron chi connectivity index (χ1n) is 6.22. The van der Waals surface area contributed by atoms with Gasteiger partial charge in [-0.3, -0.25) is 4.79 Å². The van der Waals surface area contributed by atoms with Gasteiger partial charge in [0.15, 0.2) is 5.71 Å². The van der Waals surface area contributed by atoms with E-state index in [9.17, 15) is 9.59 Å². The summed E-state index contributed by atoms with van der Waals surface area (Å²) in [6, 6.07) is -0.0139. The van der Waals surface area contributed by atoms with Crippen molar-refractivity contribution in [3.63, 3.8) is 0 Å². The monoisotopic (exact) mass is 271 g/mol. The van der Waals surface area contributed by atoms with Crippen LogP contribution in [-0.2, 0) is 14.4 Å². The van der Waals surface area contributed by atoms with Crippen molar-refractivity contribution in [1.82, 2.24) is 10.2 Å². The van der Waals surface area contributed by atoms with E-state index in [0.29, 0.717) is 6.54 Å². The standard InChI is InChI=1S/C12H21N3O4/c1-7(2)9(6-15(3)4)13-11(16)10-5-8(12(17)18)14-19-10/h7,9-10H,5-6H2,1-4H3,(H,13,16)(H,17,18). The summed E-state index contributed by atoms with van der Waals surface area (Å²) in [7, 11) is 3.86. The van der Waals surface area contributed by atoms with Crippen molar-refractivity contribution >= 4 is 17.6 Å². The fraction of sp³-hybridized carbons (Fsp3) is 0.750. The number of carbonyl (C=O) groups excluding carboxylic acids is 1. The van der Waals surface area contributed by atoms with Crippen molar-refractivity contribution in [3.8, 4) is 0 Å². The topological polar surface area (TPSA) is 91.2 Å². The molecule has 2 N–H and O–H groups in total. The van der Waals surface area contributed by atoms with Crippen LogP contribution in [0, 0.1) is 5.92 Å². The van der Waals surface area contributed by atoms with Gasteiger partial charge >= 0.3 is 5.97 Å². The van der Waals surface area contributed by atoms with Crippen LogP contribution in [0.4, 0.5) is 0 Å². The van der Waals surface area contributed by atoms with E-state index in [0.717, 1.165) is 0 Å². The molecule has 0 saturated heterocycles. The van der Waals surface area contributed by atoms with Gasteiger partial charge in [-0.15, -0.1) is 0 Å². The largest absolute Gasteiger partial charge is 0.477 e. The van der Waals surface area contributed by atoms with E-state index in [2.05, 4.69) is 10.5 Å². The summed E-state index contributed by atoms with van der Waals surface area (Å²) >= 11 is 0. The summed E-state index contributed by atoms with van der Waals surface area (Å²) in [6.07, 6.45) is -0.831. The Bertz CT molecular complexity index is 379. The van der Waals surface area contributed by atoms with Crippen molar-refractivity contribution < 1.29 is 19.5 Å². The lowest BCUT2D eigenvalue weighted by Crippen LogP contribution is -2.48. The average Bonchev–Trinajstić information content (AvgIpc) is 2.76. The van der Waals surface area contributed by atoms with Crippen molar-refractivity contribution in [2.75, 3.05) is 20.6 Å². The van der Waals surface area contributed by atoms with Crippen LogP contribution in [0.2, 0.25) is 0 Å². The molecule has 108 valence electrons. The van der Waals surface area contributed by atoms with Crippen LogP contribution in [-0.4, -0.2) is 60.4 Å². The van der Waals surface area contributed by atoms with Gasteiger partial charge in [-0.05, 0) is 20.0 Å². The molecule has 2 atom stereocenters. The number of aliphatic carboxylic acids is 1. The molecule has 0 saturated carbocycles. The number of carboxylic acids is 1. The number of nitrogens with one attached hydrogen (secondary N) is 1. The fourth-order valence-electron chi connectivity index (χ4n) is 1.74. The van der Waals surface area contributed by atoms with Crippen LogP contribution in [0.1, 0.15) is 20.3 Å². The first-order chi connectivity index (χ1) is 8.81. The Morgan fingerprint density at radius 1 is 1.53 bits per heavy atom. The summed E-state index contributed by atoms with van der Waals surface area (Å²) in [6.45, 7) is 4.75. The van der Waals surface area contributed by atoms with E-state index >= 15 is 0 Å². The molecule has 7 heteroatoms. The minimum Gasteiger partial charge on any atom is -0.477 e. The molecule has 0 spiro atoms. The molecule has 0 radical (unpaired) electrons. The molecule has 0 aromatic heterocycles. The summed E-state index contributed by atoms with van der Waals surface area (Å²) < 4.78 is 0. The molecule has 0 aromatic rings. The fourth-order valence-corrected chi connectivity index (χ4v) is 1.74. The normalized spacial score (nSPS) is 20.1. The van der Waals surface area contributed by atoms with E-state index in [1.54, 1.807) is 0 Å². The number of likely N-dealkylation sites (N-methyl/N-ethyl adjacent to an activating group) is 1. The highest BCUT2D eigenvalue weighted by Gasteiger charge is 2.32. The quantitative estimate of drug-likeness (QED) is 0.705. The Morgan fingerprint density at radius 3 is 2.58 bits per heavy atom. The Hall–Kier alpha value is -1.63. The van der Waals surface area contributed by atoms with Crippen molar-refractivity contribution in [1.29, 1.82) is 0 Å². The second-order valence-corrected chi connectivity index (χ2v) is 5.26. The Balaban J connectivity index is 2.53. The van der Waals surface area contributed by atoms with Gasteiger partial charge in [0.25, 0.3) is 5.91 Å². The molecular formula is C12H21N3O4. The molecule has 0 aromatic carbocycles. The number of carboxylic acid groups (broad SMARTS) is 1. The van der Waals surface area contributed by atoms with Crippen LogP contribution in [0.25, 0.3) is 0 Å². The molecule has 0 aliphatic carbocycles. The van der Waals surface area contributed by atoms with E-state index in [1.807, 2.05) is 32.8 Å². The molecule has 1 rings (SSSR count). The van der Waals surface area contributed by atoms with Gasteiger partial charge in [-0.2, -0.15) is 0 Å². The summed E-state index contributed by atoms with van der Waals surface area (Å²) in [5.74, 6) is -1.20. The number of rotatable bonds is 6. The number of carbonyl (C=O) groups is 2. The second kappa shape index (κ2) is 6.51. The second-order valence-electron chi connectivity index (χ2n) is 5.26. The Morgan fingerprint density at radius 2 is 2.16 bits per heavy atom. The maximum Gasteiger partial charge on any atom is 0.353 e. The average molecular weight is 271 g/mol. The van der Waals surface area contributed by atoms with Gasteiger partial charge in [0.05, 0.1) is 0 Å². The van der Waals surface area contributed by atoms with Gasteiger partial charge < -0.3 is 20.2 Å². The Labute approximate surface area is 112 Å². The lowest BCUT2D eigenvalue weighted by Gasteiger charge is -2.26. The van der Waals surface area contributed by atoms with Gasteiger partial charge in [0.1, 0.15) is 0 Å². The highest BCUT2D eigenvalue weighted by molar-refractivity contribution is 6.36. The number of hydrogen-bond acceptors (Lipinski definition) is 5. The van der Waals surface area contributed by atoms with Gasteiger partial charge in [-0.1, -0.05) is 19.0 Å². The minimum absolute atomic E-state index is 0.00788. The third kappa shape index (κ3) is 4.51. The minimum atomic E-state index is -1.15. The maximum absolute atomic E-state index is 12.0. The zero-order chi connectivity index (χ0) is 14.6. The molecule has 19 heavy (non-hydrogen) atoms. The van der Waals surface area contributed by atoms with Gasteiger partial charge in [-0.25, -0.2) is 4.79 Å². The van der Waals surface area contributed by atoms with E-state index in [4.69, 9.17) is 9.94 Å². The van der Waals surface area contributed by atoms with Crippen LogP contribution in [0.3, 0.4) is 0 Å². The predicted molar refractivity (Wildman–Crippen MR) is 69.9 cm³/mol. The SMILES string of the molecule is CC(C)C(CN(C)C)NC(=O)C1CC(C(=O)O)=NO1. The van der Waals surface area contributed by atoms with Crippen LogP contribution in [0.5, 0.6) is 0 Å². The van der Waals surface area contributed by atoms with E-state index < -0.39 is 12.1 Å². The molecule has 7 nitrogen and oxygen atoms in total. The molecule has 0 fully saturated rings. The van der Waals surface area contributed by atoms with Crippen LogP contribution < -0.4 is 5.32 Å². The Kier molecular flexibility index (Phi) is 5.29. The highest BCUT2D eigenvalue weighted by atomic mass is 16.6. The summed E-state index contributed by atoms with van der Waals surface area (Å²) in [4.78, 5) is 29.5. The predicted octanol–water partition coefficient (Wildman–Crippen LogP) is -0.0817. The van der Waals surface area contributed by atoms with Crippen molar-refractivity contribution in [3.05, 3.63) is 0 Å². The van der Waals surface area contributed by atoms with E-state index in [-0.39, 0.29) is 30.0 Å². The summed E-state index contributed by atoms with van der Waals surface area (Å²) in [5, 5.41) is 15.0. The zero-order valence-electron chi connectivity index (χ0n) is 11.7. The number of hydrogen-bond donors (Lipinski definition) is 2. The molecule has 2 unspecified atom stereocenters. The molecule has 1 heterocycles. The van der Waals surface area contributed by atoms with Crippen molar-refractivity contribution in [2.45, 2.75) is 32.4 Å². The third-order valence-corrected chi connectivity index (χ3v) is 2.90. The van der Waals surface area contributed by atoms with Gasteiger partial charge in [0.2, 0.25) is 6.10 Å². The summed E-state index contributed by atoms with van der Waals surface area (Å²) in [5.41, 5.74) is -0.117. The number of oxime groups is 1. The molecule has 0 bridgehead atoms.